The third-order valence-electron chi connectivity index (χ3n) is 3.89. The van der Waals surface area contributed by atoms with Gasteiger partial charge in [0.2, 0.25) is 5.91 Å². The van der Waals surface area contributed by atoms with Crippen LogP contribution >= 0.6 is 0 Å². The van der Waals surface area contributed by atoms with Crippen LogP contribution in [0.4, 0.5) is 27.8 Å². The fourth-order valence-corrected chi connectivity index (χ4v) is 2.82. The lowest BCUT2D eigenvalue weighted by molar-refractivity contribution is -0.142. The first-order valence-corrected chi connectivity index (χ1v) is 7.33. The number of carbonyl (C=O) groups is 1. The van der Waals surface area contributed by atoms with Gasteiger partial charge in [0.25, 0.3) is 11.9 Å². The number of rotatable bonds is 3. The lowest BCUT2D eigenvalue weighted by Gasteiger charge is -2.16. The van der Waals surface area contributed by atoms with Gasteiger partial charge in [-0.15, -0.1) is 4.52 Å². The molecule has 1 saturated heterocycles. The smallest absolute Gasteiger partial charge is 0.359 e. The zero-order valence-corrected chi connectivity index (χ0v) is 13.0. The van der Waals surface area contributed by atoms with Crippen molar-refractivity contribution in [2.75, 3.05) is 6.54 Å². The molecule has 3 rings (SSSR count). The standard InChI is InChI=1S/C15H10F5N5O/c1-21-11-2-3-12-22-14(15(18,19)20)9(25(12)23-11)7-24-6-8(4-10(16)17)5-13(24)26/h2-4,8H,5-7H2. The van der Waals surface area contributed by atoms with Crippen LogP contribution in [0.5, 0.6) is 0 Å². The molecule has 3 heterocycles. The molecule has 1 atom stereocenters. The Kier molecular flexibility index (Phi) is 4.35. The fourth-order valence-electron chi connectivity index (χ4n) is 2.82. The van der Waals surface area contributed by atoms with Gasteiger partial charge in [0, 0.05) is 18.9 Å². The molecule has 0 spiro atoms. The first-order valence-electron chi connectivity index (χ1n) is 7.33. The van der Waals surface area contributed by atoms with Gasteiger partial charge in [-0.3, -0.25) is 4.79 Å². The van der Waals surface area contributed by atoms with Crippen LogP contribution in [0, 0.1) is 12.5 Å². The molecule has 6 nitrogen and oxygen atoms in total. The van der Waals surface area contributed by atoms with E-state index >= 15 is 0 Å². The fraction of sp³-hybridized carbons (Fsp3) is 0.333. The van der Waals surface area contributed by atoms with Gasteiger partial charge in [-0.05, 0) is 23.3 Å². The van der Waals surface area contributed by atoms with Crippen molar-refractivity contribution in [3.05, 3.63) is 47.1 Å². The van der Waals surface area contributed by atoms with Crippen molar-refractivity contribution in [2.45, 2.75) is 19.1 Å². The average molecular weight is 371 g/mol. The van der Waals surface area contributed by atoms with E-state index in [2.05, 4.69) is 14.9 Å². The van der Waals surface area contributed by atoms with Crippen LogP contribution in [0.25, 0.3) is 10.5 Å². The van der Waals surface area contributed by atoms with Gasteiger partial charge >= 0.3 is 6.18 Å². The second-order valence-corrected chi connectivity index (χ2v) is 5.67. The number of hydrogen-bond acceptors (Lipinski definition) is 3. The number of aromatic nitrogens is 3. The highest BCUT2D eigenvalue weighted by Gasteiger charge is 2.40. The maximum Gasteiger partial charge on any atom is 0.435 e. The highest BCUT2D eigenvalue weighted by atomic mass is 19.4. The number of imidazole rings is 1. The third kappa shape index (κ3) is 3.35. The second-order valence-electron chi connectivity index (χ2n) is 5.67. The van der Waals surface area contributed by atoms with Gasteiger partial charge in [-0.2, -0.15) is 22.0 Å². The summed E-state index contributed by atoms with van der Waals surface area (Å²) in [5, 5.41) is 3.79. The summed E-state index contributed by atoms with van der Waals surface area (Å²) < 4.78 is 65.5. The number of halogens is 5. The molecule has 0 aromatic carbocycles. The van der Waals surface area contributed by atoms with Crippen molar-refractivity contribution in [3.63, 3.8) is 0 Å². The SMILES string of the molecule is [C-]#[N+]c1ccc2nc(C(F)(F)F)c(CN3CC(C=C(F)F)CC3=O)n2n1. The first kappa shape index (κ1) is 17.8. The Morgan fingerprint density at radius 1 is 1.38 bits per heavy atom. The Bertz CT molecular complexity index is 938. The Balaban J connectivity index is 2.02. The lowest BCUT2D eigenvalue weighted by atomic mass is 10.1. The summed E-state index contributed by atoms with van der Waals surface area (Å²) in [6.07, 6.45) is -6.34. The molecule has 0 N–H and O–H groups in total. The molecule has 26 heavy (non-hydrogen) atoms. The zero-order valence-electron chi connectivity index (χ0n) is 13.0. The number of likely N-dealkylation sites (tertiary alicyclic amines) is 1. The Hall–Kier alpha value is -3.03. The largest absolute Gasteiger partial charge is 0.435 e. The van der Waals surface area contributed by atoms with E-state index in [-0.39, 0.29) is 24.4 Å². The summed E-state index contributed by atoms with van der Waals surface area (Å²) in [5.41, 5.74) is -1.77. The number of hydrogen-bond donors (Lipinski definition) is 0. The molecule has 2 aromatic heterocycles. The molecule has 0 aliphatic carbocycles. The van der Waals surface area contributed by atoms with Crippen LogP contribution < -0.4 is 0 Å². The van der Waals surface area contributed by atoms with Crippen LogP contribution in [0.1, 0.15) is 17.8 Å². The van der Waals surface area contributed by atoms with E-state index in [1.807, 2.05) is 0 Å². The predicted molar refractivity (Wildman–Crippen MR) is 78.1 cm³/mol. The molecule has 0 radical (unpaired) electrons. The minimum atomic E-state index is -4.80. The molecule has 1 amide bonds. The van der Waals surface area contributed by atoms with Crippen LogP contribution in [0.2, 0.25) is 0 Å². The van der Waals surface area contributed by atoms with E-state index < -0.39 is 42.0 Å². The van der Waals surface area contributed by atoms with Crippen LogP contribution in [-0.4, -0.2) is 31.9 Å². The molecule has 0 bridgehead atoms. The van der Waals surface area contributed by atoms with E-state index in [1.165, 1.54) is 12.1 Å². The van der Waals surface area contributed by atoms with Crippen molar-refractivity contribution in [3.8, 4) is 0 Å². The van der Waals surface area contributed by atoms with Crippen molar-refractivity contribution >= 4 is 17.4 Å². The van der Waals surface area contributed by atoms with Gasteiger partial charge in [0.05, 0.1) is 6.54 Å². The van der Waals surface area contributed by atoms with Gasteiger partial charge in [-0.25, -0.2) is 4.98 Å². The highest BCUT2D eigenvalue weighted by molar-refractivity contribution is 5.79. The third-order valence-corrected chi connectivity index (χ3v) is 3.89. The topological polar surface area (TPSA) is 54.9 Å². The first-order chi connectivity index (χ1) is 12.2. The van der Waals surface area contributed by atoms with Crippen LogP contribution in [-0.2, 0) is 17.5 Å². The summed E-state index contributed by atoms with van der Waals surface area (Å²) in [7, 11) is 0. The number of fused-ring (bicyclic) bond motifs is 1. The molecule has 11 heteroatoms. The van der Waals surface area contributed by atoms with E-state index in [4.69, 9.17) is 6.57 Å². The monoisotopic (exact) mass is 371 g/mol. The minimum absolute atomic E-state index is 0.127. The molecule has 1 fully saturated rings. The van der Waals surface area contributed by atoms with E-state index in [9.17, 15) is 26.7 Å². The minimum Gasteiger partial charge on any atom is -0.359 e. The summed E-state index contributed by atoms with van der Waals surface area (Å²) in [6.45, 7) is 6.30. The summed E-state index contributed by atoms with van der Waals surface area (Å²) in [6, 6.07) is 2.44. The van der Waals surface area contributed by atoms with E-state index in [0.29, 0.717) is 6.08 Å². The van der Waals surface area contributed by atoms with Crippen LogP contribution in [0.3, 0.4) is 0 Å². The Labute approximate surface area is 143 Å². The van der Waals surface area contributed by atoms with Gasteiger partial charge < -0.3 is 9.74 Å². The molecular weight excluding hydrogens is 361 g/mol. The molecule has 1 unspecified atom stereocenters. The quantitative estimate of drug-likeness (QED) is 0.614. The highest BCUT2D eigenvalue weighted by Crippen LogP contribution is 2.33. The Morgan fingerprint density at radius 3 is 2.73 bits per heavy atom. The maximum atomic E-state index is 13.3. The number of amides is 1. The molecule has 2 aromatic rings. The number of alkyl halides is 3. The normalized spacial score (nSPS) is 17.6. The maximum absolute atomic E-state index is 13.3. The van der Waals surface area contributed by atoms with Gasteiger partial charge in [0.15, 0.2) is 11.3 Å². The predicted octanol–water partition coefficient (Wildman–Crippen LogP) is 3.43. The number of nitrogens with zero attached hydrogens (tertiary/aromatic N) is 5. The molecule has 1 aliphatic heterocycles. The summed E-state index contributed by atoms with van der Waals surface area (Å²) in [4.78, 5) is 19.6. The van der Waals surface area contributed by atoms with Crippen molar-refractivity contribution < 1.29 is 26.7 Å². The van der Waals surface area contributed by atoms with E-state index in [1.54, 1.807) is 0 Å². The summed E-state index contributed by atoms with van der Waals surface area (Å²) >= 11 is 0. The van der Waals surface area contributed by atoms with Crippen molar-refractivity contribution in [1.82, 2.24) is 19.5 Å². The molecular formula is C15H10F5N5O. The average Bonchev–Trinajstić information content (AvgIpc) is 3.07. The Morgan fingerprint density at radius 2 is 2.12 bits per heavy atom. The molecule has 0 saturated carbocycles. The molecule has 136 valence electrons. The van der Waals surface area contributed by atoms with Gasteiger partial charge in [-0.1, -0.05) is 6.57 Å². The summed E-state index contributed by atoms with van der Waals surface area (Å²) in [5.74, 6) is -1.46. The van der Waals surface area contributed by atoms with Crippen molar-refractivity contribution in [2.24, 2.45) is 5.92 Å². The zero-order chi connectivity index (χ0) is 19.1. The molecule has 1 aliphatic rings. The second kappa shape index (κ2) is 6.36. The lowest BCUT2D eigenvalue weighted by Crippen LogP contribution is -2.27. The number of carbonyl (C=O) groups excluding carboxylic acids is 1. The van der Waals surface area contributed by atoms with E-state index in [0.717, 1.165) is 9.42 Å². The van der Waals surface area contributed by atoms with Crippen LogP contribution in [0.15, 0.2) is 24.3 Å². The van der Waals surface area contributed by atoms with Crippen molar-refractivity contribution in [1.29, 1.82) is 0 Å². The van der Waals surface area contributed by atoms with Gasteiger partial charge in [0.1, 0.15) is 5.69 Å².